The van der Waals surface area contributed by atoms with Gasteiger partial charge in [0, 0.05) is 12.0 Å². The number of hydrogen-bond donors (Lipinski definition) is 0. The summed E-state index contributed by atoms with van der Waals surface area (Å²) in [5.41, 5.74) is 0.826. The number of rotatable bonds is 6. The predicted molar refractivity (Wildman–Crippen MR) is 66.3 cm³/mol. The summed E-state index contributed by atoms with van der Waals surface area (Å²) in [6.45, 7) is 4.22. The maximum atomic E-state index is 11.8. The minimum atomic E-state index is -0.407. The Morgan fingerprint density at radius 1 is 1.12 bits per heavy atom. The molecule has 0 aliphatic rings. The first-order valence-electron chi connectivity index (χ1n) is 6.00. The van der Waals surface area contributed by atoms with Gasteiger partial charge in [0.25, 0.3) is 0 Å². The Kier molecular flexibility index (Phi) is 5.40. The molecule has 0 aromatic heterocycles. The molecule has 0 N–H and O–H groups in total. The second-order valence-electron chi connectivity index (χ2n) is 3.81. The summed E-state index contributed by atoms with van der Waals surface area (Å²) in [6.07, 6.45) is 2.21. The minimum absolute atomic E-state index is 0.0342. The lowest BCUT2D eigenvalue weighted by Crippen LogP contribution is -2.12. The van der Waals surface area contributed by atoms with Crippen molar-refractivity contribution in [2.24, 2.45) is 0 Å². The average Bonchev–Trinajstić information content (AvgIpc) is 2.38. The van der Waals surface area contributed by atoms with Crippen molar-refractivity contribution in [3.8, 4) is 0 Å². The second kappa shape index (κ2) is 6.84. The van der Waals surface area contributed by atoms with E-state index in [0.717, 1.165) is 12.8 Å². The van der Waals surface area contributed by atoms with Gasteiger partial charge in [-0.15, -0.1) is 0 Å². The third-order valence-corrected chi connectivity index (χ3v) is 2.50. The molecule has 0 spiro atoms. The van der Waals surface area contributed by atoms with Gasteiger partial charge in [-0.3, -0.25) is 4.79 Å². The molecule has 0 unspecified atom stereocenters. The molecule has 0 bridgehead atoms. The Morgan fingerprint density at radius 2 is 1.76 bits per heavy atom. The third-order valence-electron chi connectivity index (χ3n) is 2.50. The number of benzene rings is 1. The zero-order chi connectivity index (χ0) is 12.7. The van der Waals surface area contributed by atoms with Crippen LogP contribution >= 0.6 is 0 Å². The molecule has 0 saturated carbocycles. The normalized spacial score (nSPS) is 10.0. The molecule has 0 heterocycles. The minimum Gasteiger partial charge on any atom is -0.462 e. The number of hydrogen-bond acceptors (Lipinski definition) is 3. The van der Waals surface area contributed by atoms with E-state index in [1.54, 1.807) is 31.2 Å². The topological polar surface area (TPSA) is 43.4 Å². The van der Waals surface area contributed by atoms with Gasteiger partial charge < -0.3 is 4.74 Å². The Balaban J connectivity index is 2.82. The Morgan fingerprint density at radius 3 is 2.35 bits per heavy atom. The molecule has 0 atom stereocenters. The molecule has 17 heavy (non-hydrogen) atoms. The van der Waals surface area contributed by atoms with Gasteiger partial charge in [-0.25, -0.2) is 4.79 Å². The van der Waals surface area contributed by atoms with Gasteiger partial charge >= 0.3 is 5.97 Å². The van der Waals surface area contributed by atoms with E-state index in [9.17, 15) is 9.59 Å². The van der Waals surface area contributed by atoms with E-state index < -0.39 is 5.97 Å². The molecule has 0 aliphatic heterocycles. The molecule has 0 radical (unpaired) electrons. The number of carbonyl (C=O) groups is 2. The van der Waals surface area contributed by atoms with Crippen LogP contribution in [-0.2, 0) is 4.74 Å². The number of esters is 1. The van der Waals surface area contributed by atoms with Crippen LogP contribution in [0.4, 0.5) is 0 Å². The summed E-state index contributed by atoms with van der Waals surface area (Å²) in [6, 6.07) is 6.80. The molecule has 1 aromatic carbocycles. The van der Waals surface area contributed by atoms with Gasteiger partial charge in [0.1, 0.15) is 0 Å². The molecule has 0 aliphatic carbocycles. The van der Waals surface area contributed by atoms with Gasteiger partial charge in [0.2, 0.25) is 0 Å². The van der Waals surface area contributed by atoms with Crippen LogP contribution in [0, 0.1) is 0 Å². The summed E-state index contributed by atoms with van der Waals surface area (Å²) < 4.78 is 5.11. The van der Waals surface area contributed by atoms with Crippen LogP contribution in [0.3, 0.4) is 0 Å². The fourth-order valence-corrected chi connectivity index (χ4v) is 1.48. The van der Waals surface area contributed by atoms with Crippen molar-refractivity contribution in [3.05, 3.63) is 35.4 Å². The Bertz CT molecular complexity index is 396. The SMILES string of the molecule is CCCCOC(=O)c1ccccc1C(=O)CC. The summed E-state index contributed by atoms with van der Waals surface area (Å²) in [5.74, 6) is -0.441. The zero-order valence-corrected chi connectivity index (χ0v) is 10.4. The maximum Gasteiger partial charge on any atom is 0.338 e. The number of unbranched alkanes of at least 4 members (excludes halogenated alkanes) is 1. The van der Waals surface area contributed by atoms with Crippen LogP contribution in [0.1, 0.15) is 53.8 Å². The molecule has 0 amide bonds. The van der Waals surface area contributed by atoms with Crippen molar-refractivity contribution < 1.29 is 14.3 Å². The van der Waals surface area contributed by atoms with Crippen molar-refractivity contribution in [1.82, 2.24) is 0 Å². The first kappa shape index (κ1) is 13.4. The lowest BCUT2D eigenvalue weighted by atomic mass is 10.0. The van der Waals surface area contributed by atoms with Crippen molar-refractivity contribution >= 4 is 11.8 Å². The van der Waals surface area contributed by atoms with Gasteiger partial charge in [-0.05, 0) is 12.5 Å². The van der Waals surface area contributed by atoms with Crippen LogP contribution in [0.2, 0.25) is 0 Å². The van der Waals surface area contributed by atoms with Crippen molar-refractivity contribution in [2.45, 2.75) is 33.1 Å². The molecule has 1 rings (SSSR count). The molecule has 92 valence electrons. The van der Waals surface area contributed by atoms with Gasteiger partial charge in [0.05, 0.1) is 12.2 Å². The summed E-state index contributed by atoms with van der Waals surface area (Å²) >= 11 is 0. The number of Topliss-reactive ketones (excluding diaryl/α,β-unsaturated/α-hetero) is 1. The Labute approximate surface area is 102 Å². The standard InChI is InChI=1S/C14H18O3/c1-3-5-10-17-14(16)12-9-7-6-8-11(12)13(15)4-2/h6-9H,3-5,10H2,1-2H3. The van der Waals surface area contributed by atoms with Gasteiger partial charge in [-0.1, -0.05) is 38.5 Å². The van der Waals surface area contributed by atoms with Crippen LogP contribution < -0.4 is 0 Å². The van der Waals surface area contributed by atoms with E-state index in [1.807, 2.05) is 6.92 Å². The molecular formula is C14H18O3. The lowest BCUT2D eigenvalue weighted by Gasteiger charge is -2.07. The van der Waals surface area contributed by atoms with Crippen molar-refractivity contribution in [2.75, 3.05) is 6.61 Å². The molecule has 1 aromatic rings. The highest BCUT2D eigenvalue weighted by Gasteiger charge is 2.15. The first-order valence-corrected chi connectivity index (χ1v) is 6.00. The van der Waals surface area contributed by atoms with Crippen LogP contribution in [-0.4, -0.2) is 18.4 Å². The van der Waals surface area contributed by atoms with E-state index in [-0.39, 0.29) is 5.78 Å². The van der Waals surface area contributed by atoms with Crippen molar-refractivity contribution in [1.29, 1.82) is 0 Å². The van der Waals surface area contributed by atoms with Gasteiger partial charge in [0.15, 0.2) is 5.78 Å². The molecule has 3 heteroatoms. The van der Waals surface area contributed by atoms with Crippen LogP contribution in [0.5, 0.6) is 0 Å². The fourth-order valence-electron chi connectivity index (χ4n) is 1.48. The first-order chi connectivity index (χ1) is 8.20. The fraction of sp³-hybridized carbons (Fsp3) is 0.429. The molecule has 3 nitrogen and oxygen atoms in total. The smallest absolute Gasteiger partial charge is 0.338 e. The molecule has 0 saturated heterocycles. The zero-order valence-electron chi connectivity index (χ0n) is 10.4. The van der Waals surface area contributed by atoms with E-state index in [0.29, 0.717) is 24.2 Å². The summed E-state index contributed by atoms with van der Waals surface area (Å²) in [7, 11) is 0. The van der Waals surface area contributed by atoms with Crippen LogP contribution in [0.25, 0.3) is 0 Å². The third kappa shape index (κ3) is 3.70. The highest BCUT2D eigenvalue weighted by molar-refractivity contribution is 6.06. The maximum absolute atomic E-state index is 11.8. The quantitative estimate of drug-likeness (QED) is 0.431. The molecule has 0 fully saturated rings. The summed E-state index contributed by atoms with van der Waals surface area (Å²) in [4.78, 5) is 23.4. The highest BCUT2D eigenvalue weighted by Crippen LogP contribution is 2.12. The lowest BCUT2D eigenvalue weighted by molar-refractivity contribution is 0.0496. The predicted octanol–water partition coefficient (Wildman–Crippen LogP) is 3.24. The van der Waals surface area contributed by atoms with E-state index in [4.69, 9.17) is 4.74 Å². The van der Waals surface area contributed by atoms with Crippen molar-refractivity contribution in [3.63, 3.8) is 0 Å². The largest absolute Gasteiger partial charge is 0.462 e. The summed E-state index contributed by atoms with van der Waals surface area (Å²) in [5, 5.41) is 0. The Hall–Kier alpha value is -1.64. The average molecular weight is 234 g/mol. The van der Waals surface area contributed by atoms with E-state index in [2.05, 4.69) is 0 Å². The van der Waals surface area contributed by atoms with Gasteiger partial charge in [-0.2, -0.15) is 0 Å². The number of ether oxygens (including phenoxy) is 1. The van der Waals surface area contributed by atoms with E-state index in [1.165, 1.54) is 0 Å². The van der Waals surface area contributed by atoms with E-state index >= 15 is 0 Å². The monoisotopic (exact) mass is 234 g/mol. The second-order valence-corrected chi connectivity index (χ2v) is 3.81. The molecular weight excluding hydrogens is 216 g/mol. The highest BCUT2D eigenvalue weighted by atomic mass is 16.5. The number of carbonyl (C=O) groups excluding carboxylic acids is 2. The van der Waals surface area contributed by atoms with Crippen LogP contribution in [0.15, 0.2) is 24.3 Å². The number of ketones is 1.